The number of hydrogen-bond acceptors (Lipinski definition) is 3. The van der Waals surface area contributed by atoms with E-state index in [1.54, 1.807) is 0 Å². The van der Waals surface area contributed by atoms with E-state index in [0.29, 0.717) is 5.91 Å². The number of para-hydroxylation sites is 1. The van der Waals surface area contributed by atoms with Crippen LogP contribution in [0, 0.1) is 12.8 Å². The summed E-state index contributed by atoms with van der Waals surface area (Å²) in [7, 11) is 0. The predicted octanol–water partition coefficient (Wildman–Crippen LogP) is 2.99. The summed E-state index contributed by atoms with van der Waals surface area (Å²) in [5.41, 5.74) is 2.28. The van der Waals surface area contributed by atoms with Crippen LogP contribution in [0.25, 0.3) is 10.9 Å². The number of carbonyl (C=O) groups is 1. The van der Waals surface area contributed by atoms with Gasteiger partial charge in [-0.15, -0.1) is 0 Å². The first-order chi connectivity index (χ1) is 11.2. The highest BCUT2D eigenvalue weighted by atomic mass is 16.2. The fourth-order valence-corrected chi connectivity index (χ4v) is 3.69. The Morgan fingerprint density at radius 1 is 1.13 bits per heavy atom. The summed E-state index contributed by atoms with van der Waals surface area (Å²) in [5.74, 6) is 1.50. The molecule has 0 bridgehead atoms. The quantitative estimate of drug-likeness (QED) is 0.855. The van der Waals surface area contributed by atoms with Gasteiger partial charge in [-0.1, -0.05) is 18.2 Å². The van der Waals surface area contributed by atoms with Crippen molar-refractivity contribution >= 4 is 22.6 Å². The number of anilines is 1. The van der Waals surface area contributed by atoms with Gasteiger partial charge in [0.25, 0.3) is 0 Å². The molecule has 3 heterocycles. The topological polar surface area (TPSA) is 36.4 Å². The summed E-state index contributed by atoms with van der Waals surface area (Å²) < 4.78 is 0. The molecular formula is C19H23N3O. The summed E-state index contributed by atoms with van der Waals surface area (Å²) in [5, 5.41) is 1.21. The Morgan fingerprint density at radius 3 is 2.65 bits per heavy atom. The molecule has 1 amide bonds. The van der Waals surface area contributed by atoms with Crippen LogP contribution in [0.2, 0.25) is 0 Å². The number of likely N-dealkylation sites (tertiary alicyclic amines) is 1. The van der Waals surface area contributed by atoms with Crippen LogP contribution in [-0.2, 0) is 4.79 Å². The molecule has 2 fully saturated rings. The molecule has 0 unspecified atom stereocenters. The molecule has 0 saturated carbocycles. The number of piperidine rings is 1. The summed E-state index contributed by atoms with van der Waals surface area (Å²) in [6.45, 7) is 5.63. The van der Waals surface area contributed by atoms with Gasteiger partial charge in [-0.3, -0.25) is 4.79 Å². The van der Waals surface area contributed by atoms with E-state index in [4.69, 9.17) is 4.98 Å². The van der Waals surface area contributed by atoms with E-state index in [9.17, 15) is 4.79 Å². The van der Waals surface area contributed by atoms with Gasteiger partial charge >= 0.3 is 0 Å². The number of aromatic nitrogens is 1. The van der Waals surface area contributed by atoms with E-state index in [2.05, 4.69) is 34.9 Å². The lowest BCUT2D eigenvalue weighted by atomic mass is 9.96. The minimum atomic E-state index is 0.154. The number of rotatable bonds is 2. The standard InChI is InChI=1S/C19H23N3O/c1-14-11-18(20-17-8-4-3-7-16(14)17)22-12-15(13-22)19(23)21-9-5-2-6-10-21/h3-4,7-8,11,15H,2,5-6,9-10,12-13H2,1H3. The van der Waals surface area contributed by atoms with Crippen LogP contribution in [0.4, 0.5) is 5.82 Å². The number of amides is 1. The summed E-state index contributed by atoms with van der Waals surface area (Å²) >= 11 is 0. The first-order valence-electron chi connectivity index (χ1n) is 8.62. The monoisotopic (exact) mass is 309 g/mol. The Kier molecular flexibility index (Phi) is 3.68. The van der Waals surface area contributed by atoms with Crippen LogP contribution in [0.1, 0.15) is 24.8 Å². The zero-order valence-electron chi connectivity index (χ0n) is 13.7. The van der Waals surface area contributed by atoms with Crippen molar-refractivity contribution in [1.29, 1.82) is 0 Å². The molecule has 4 nitrogen and oxygen atoms in total. The van der Waals surface area contributed by atoms with Crippen LogP contribution in [0.5, 0.6) is 0 Å². The third-order valence-corrected chi connectivity index (χ3v) is 5.13. The molecule has 4 heteroatoms. The Bertz CT molecular complexity index is 730. The van der Waals surface area contributed by atoms with Gasteiger partial charge in [0, 0.05) is 31.6 Å². The second-order valence-corrected chi connectivity index (χ2v) is 6.80. The molecule has 2 saturated heterocycles. The molecule has 0 atom stereocenters. The van der Waals surface area contributed by atoms with Crippen molar-refractivity contribution < 1.29 is 4.79 Å². The van der Waals surface area contributed by atoms with Crippen LogP contribution in [0.15, 0.2) is 30.3 Å². The van der Waals surface area contributed by atoms with Crippen LogP contribution in [-0.4, -0.2) is 42.0 Å². The van der Waals surface area contributed by atoms with Gasteiger partial charge in [-0.25, -0.2) is 4.98 Å². The van der Waals surface area contributed by atoms with Crippen LogP contribution >= 0.6 is 0 Å². The number of carbonyl (C=O) groups excluding carboxylic acids is 1. The first-order valence-corrected chi connectivity index (χ1v) is 8.62. The predicted molar refractivity (Wildman–Crippen MR) is 92.6 cm³/mol. The largest absolute Gasteiger partial charge is 0.355 e. The minimum Gasteiger partial charge on any atom is -0.355 e. The van der Waals surface area contributed by atoms with Crippen molar-refractivity contribution in [3.05, 3.63) is 35.9 Å². The molecule has 2 aliphatic heterocycles. The molecule has 23 heavy (non-hydrogen) atoms. The van der Waals surface area contributed by atoms with Gasteiger partial charge in [0.1, 0.15) is 5.82 Å². The minimum absolute atomic E-state index is 0.154. The van der Waals surface area contributed by atoms with Gasteiger partial charge in [-0.05, 0) is 43.9 Å². The average molecular weight is 309 g/mol. The van der Waals surface area contributed by atoms with E-state index < -0.39 is 0 Å². The smallest absolute Gasteiger partial charge is 0.229 e. The zero-order valence-corrected chi connectivity index (χ0v) is 13.7. The highest BCUT2D eigenvalue weighted by molar-refractivity contribution is 5.85. The molecular weight excluding hydrogens is 286 g/mol. The molecule has 120 valence electrons. The fraction of sp³-hybridized carbons (Fsp3) is 0.474. The van der Waals surface area contributed by atoms with Gasteiger partial charge < -0.3 is 9.80 Å². The number of hydrogen-bond donors (Lipinski definition) is 0. The van der Waals surface area contributed by atoms with Crippen molar-refractivity contribution in [2.24, 2.45) is 5.92 Å². The second-order valence-electron chi connectivity index (χ2n) is 6.80. The lowest BCUT2D eigenvalue weighted by Gasteiger charge is -2.42. The maximum Gasteiger partial charge on any atom is 0.229 e. The molecule has 2 aliphatic rings. The lowest BCUT2D eigenvalue weighted by molar-refractivity contribution is -0.137. The Balaban J connectivity index is 1.46. The summed E-state index contributed by atoms with van der Waals surface area (Å²) in [4.78, 5) is 21.6. The summed E-state index contributed by atoms with van der Waals surface area (Å²) in [6, 6.07) is 10.4. The number of benzene rings is 1. The molecule has 0 aliphatic carbocycles. The summed E-state index contributed by atoms with van der Waals surface area (Å²) in [6.07, 6.45) is 3.59. The van der Waals surface area contributed by atoms with E-state index in [-0.39, 0.29) is 5.92 Å². The van der Waals surface area contributed by atoms with Crippen molar-refractivity contribution in [1.82, 2.24) is 9.88 Å². The van der Waals surface area contributed by atoms with Crippen molar-refractivity contribution in [2.45, 2.75) is 26.2 Å². The first kappa shape index (κ1) is 14.5. The number of pyridine rings is 1. The van der Waals surface area contributed by atoms with Crippen LogP contribution in [0.3, 0.4) is 0 Å². The second kappa shape index (κ2) is 5.84. The number of fused-ring (bicyclic) bond motifs is 1. The number of aryl methyl sites for hydroxylation is 1. The molecule has 4 rings (SSSR count). The Morgan fingerprint density at radius 2 is 1.87 bits per heavy atom. The van der Waals surface area contributed by atoms with Crippen molar-refractivity contribution in [3.8, 4) is 0 Å². The van der Waals surface area contributed by atoms with Gasteiger partial charge in [0.05, 0.1) is 11.4 Å². The molecule has 2 aromatic rings. The third kappa shape index (κ3) is 2.67. The fourth-order valence-electron chi connectivity index (χ4n) is 3.69. The van der Waals surface area contributed by atoms with Gasteiger partial charge in [0.15, 0.2) is 0 Å². The van der Waals surface area contributed by atoms with Gasteiger partial charge in [-0.2, -0.15) is 0 Å². The van der Waals surface area contributed by atoms with Crippen molar-refractivity contribution in [2.75, 3.05) is 31.1 Å². The van der Waals surface area contributed by atoms with E-state index in [1.807, 2.05) is 12.1 Å². The van der Waals surface area contributed by atoms with E-state index in [1.165, 1.54) is 17.4 Å². The average Bonchev–Trinajstić information content (AvgIpc) is 2.54. The lowest BCUT2D eigenvalue weighted by Crippen LogP contribution is -2.55. The van der Waals surface area contributed by atoms with Crippen molar-refractivity contribution in [3.63, 3.8) is 0 Å². The van der Waals surface area contributed by atoms with Gasteiger partial charge in [0.2, 0.25) is 5.91 Å². The maximum atomic E-state index is 12.5. The SMILES string of the molecule is Cc1cc(N2CC(C(=O)N3CCCCC3)C2)nc2ccccc12. The molecule has 1 aromatic heterocycles. The highest BCUT2D eigenvalue weighted by Crippen LogP contribution is 2.28. The Labute approximate surface area is 137 Å². The van der Waals surface area contributed by atoms with E-state index >= 15 is 0 Å². The Hall–Kier alpha value is -2.10. The number of nitrogens with zero attached hydrogens (tertiary/aromatic N) is 3. The molecule has 1 aromatic carbocycles. The maximum absolute atomic E-state index is 12.5. The normalized spacial score (nSPS) is 19.0. The third-order valence-electron chi connectivity index (χ3n) is 5.13. The molecule has 0 spiro atoms. The van der Waals surface area contributed by atoms with E-state index in [0.717, 1.165) is 50.4 Å². The highest BCUT2D eigenvalue weighted by Gasteiger charge is 2.36. The van der Waals surface area contributed by atoms with Crippen LogP contribution < -0.4 is 4.90 Å². The molecule has 0 radical (unpaired) electrons. The zero-order chi connectivity index (χ0) is 15.8. The molecule has 0 N–H and O–H groups in total.